The lowest BCUT2D eigenvalue weighted by atomic mass is 10.1. The number of aromatic nitrogens is 1. The molecule has 1 aromatic carbocycles. The van der Waals surface area contributed by atoms with Gasteiger partial charge < -0.3 is 14.4 Å². The first-order chi connectivity index (χ1) is 15.9. The lowest BCUT2D eigenvalue weighted by molar-refractivity contribution is 0.0339. The monoisotopic (exact) mass is 452 g/mol. The maximum Gasteiger partial charge on any atom is 0.254 e. The number of carbonyl (C=O) groups excluding carboxylic acids is 1. The number of nitrogens with zero attached hydrogens (tertiary/aromatic N) is 4. The summed E-state index contributed by atoms with van der Waals surface area (Å²) >= 11 is 0. The number of ether oxygens (including phenoxy) is 2. The van der Waals surface area contributed by atoms with Crippen LogP contribution in [0.15, 0.2) is 30.3 Å². The third-order valence-corrected chi connectivity index (χ3v) is 6.54. The molecular weight excluding hydrogens is 416 g/mol. The van der Waals surface area contributed by atoms with Gasteiger partial charge in [0.2, 0.25) is 0 Å². The molecule has 0 saturated carbocycles. The molecule has 0 bridgehead atoms. The summed E-state index contributed by atoms with van der Waals surface area (Å²) in [6.07, 6.45) is 0. The maximum atomic E-state index is 13.3. The van der Waals surface area contributed by atoms with E-state index >= 15 is 0 Å². The van der Waals surface area contributed by atoms with Crippen LogP contribution in [0.2, 0.25) is 0 Å². The van der Waals surface area contributed by atoms with Gasteiger partial charge in [0.1, 0.15) is 11.5 Å². The quantitative estimate of drug-likeness (QED) is 0.669. The molecule has 2 aliphatic rings. The van der Waals surface area contributed by atoms with E-state index in [0.717, 1.165) is 87.5 Å². The van der Waals surface area contributed by atoms with E-state index in [4.69, 9.17) is 9.47 Å². The van der Waals surface area contributed by atoms with E-state index in [1.807, 2.05) is 49.1 Å². The van der Waals surface area contributed by atoms with Crippen LogP contribution in [0.4, 0.5) is 0 Å². The van der Waals surface area contributed by atoms with Crippen LogP contribution >= 0.6 is 0 Å². The molecule has 0 aliphatic carbocycles. The Bertz CT molecular complexity index is 964. The summed E-state index contributed by atoms with van der Waals surface area (Å²) in [5.41, 5.74) is 3.54. The van der Waals surface area contributed by atoms with E-state index in [9.17, 15) is 4.79 Å². The minimum atomic E-state index is 0.0694. The Balaban J connectivity index is 1.57. The molecule has 2 fully saturated rings. The summed E-state index contributed by atoms with van der Waals surface area (Å²) in [6, 6.07) is 10.3. The predicted octanol–water partition coefficient (Wildman–Crippen LogP) is 3.49. The van der Waals surface area contributed by atoms with Crippen molar-refractivity contribution < 1.29 is 14.3 Å². The number of piperazine rings is 1. The van der Waals surface area contributed by atoms with E-state index in [1.165, 1.54) is 0 Å². The van der Waals surface area contributed by atoms with Crippen LogP contribution in [-0.2, 0) is 11.3 Å². The minimum absolute atomic E-state index is 0.0694. The van der Waals surface area contributed by atoms with Crippen molar-refractivity contribution in [1.82, 2.24) is 19.7 Å². The van der Waals surface area contributed by atoms with Gasteiger partial charge in [0.25, 0.3) is 5.91 Å². The second-order valence-corrected chi connectivity index (χ2v) is 9.27. The number of morpholine rings is 1. The fourth-order valence-electron chi connectivity index (χ4n) is 4.44. The van der Waals surface area contributed by atoms with Crippen LogP contribution in [0.25, 0.3) is 0 Å². The lowest BCUT2D eigenvalue weighted by Gasteiger charge is -2.37. The first kappa shape index (κ1) is 23.7. The Hall–Kier alpha value is -2.48. The highest BCUT2D eigenvalue weighted by atomic mass is 16.5. The molecule has 4 rings (SSSR count). The molecule has 1 amide bonds. The van der Waals surface area contributed by atoms with Crippen molar-refractivity contribution in [2.45, 2.75) is 40.3 Å². The van der Waals surface area contributed by atoms with E-state index in [-0.39, 0.29) is 5.91 Å². The lowest BCUT2D eigenvalue weighted by Crippen LogP contribution is -2.50. The zero-order valence-electron chi connectivity index (χ0n) is 20.3. The van der Waals surface area contributed by atoms with Gasteiger partial charge >= 0.3 is 0 Å². The number of amides is 1. The van der Waals surface area contributed by atoms with Gasteiger partial charge in [0.05, 0.1) is 18.9 Å². The Morgan fingerprint density at radius 3 is 2.39 bits per heavy atom. The summed E-state index contributed by atoms with van der Waals surface area (Å²) in [7, 11) is 0. The van der Waals surface area contributed by atoms with Crippen LogP contribution in [-0.4, -0.2) is 84.1 Å². The molecule has 2 aliphatic heterocycles. The highest BCUT2D eigenvalue weighted by molar-refractivity contribution is 5.94. The number of aryl methyl sites for hydroxylation is 2. The fraction of sp³-hybridized carbons (Fsp3) is 0.538. The Labute approximate surface area is 197 Å². The van der Waals surface area contributed by atoms with E-state index in [2.05, 4.69) is 28.6 Å². The van der Waals surface area contributed by atoms with Crippen LogP contribution in [0.5, 0.6) is 11.5 Å². The molecule has 7 heteroatoms. The third kappa shape index (κ3) is 5.91. The summed E-state index contributed by atoms with van der Waals surface area (Å²) in [5.74, 6) is 1.51. The van der Waals surface area contributed by atoms with Gasteiger partial charge in [0.15, 0.2) is 0 Å². The van der Waals surface area contributed by atoms with Gasteiger partial charge in [-0.1, -0.05) is 6.07 Å². The van der Waals surface area contributed by atoms with Gasteiger partial charge in [-0.25, -0.2) is 0 Å². The van der Waals surface area contributed by atoms with Crippen LogP contribution in [0, 0.1) is 13.8 Å². The molecule has 0 unspecified atom stereocenters. The fourth-order valence-corrected chi connectivity index (χ4v) is 4.44. The SMILES string of the molecule is Cc1ccc(Oc2cc(C(=O)N3CCN(C(C)C)CC3)ccc2CN2CCOCC2)c(C)n1. The highest BCUT2D eigenvalue weighted by Gasteiger charge is 2.24. The predicted molar refractivity (Wildman–Crippen MR) is 129 cm³/mol. The van der Waals surface area contributed by atoms with E-state index in [1.54, 1.807) is 0 Å². The van der Waals surface area contributed by atoms with Crippen molar-refractivity contribution >= 4 is 5.91 Å². The summed E-state index contributed by atoms with van der Waals surface area (Å²) < 4.78 is 11.9. The van der Waals surface area contributed by atoms with Crippen molar-refractivity contribution in [3.05, 3.63) is 52.8 Å². The van der Waals surface area contributed by atoms with Crippen molar-refractivity contribution in [1.29, 1.82) is 0 Å². The highest BCUT2D eigenvalue weighted by Crippen LogP contribution is 2.30. The third-order valence-electron chi connectivity index (χ3n) is 6.54. The molecule has 0 atom stereocenters. The molecule has 2 saturated heterocycles. The summed E-state index contributed by atoms with van der Waals surface area (Å²) in [4.78, 5) is 24.6. The van der Waals surface area contributed by atoms with Crippen LogP contribution in [0.1, 0.15) is 41.2 Å². The van der Waals surface area contributed by atoms with Crippen molar-refractivity contribution in [2.24, 2.45) is 0 Å². The van der Waals surface area contributed by atoms with E-state index in [0.29, 0.717) is 11.6 Å². The van der Waals surface area contributed by atoms with Crippen LogP contribution < -0.4 is 4.74 Å². The largest absolute Gasteiger partial charge is 0.455 e. The van der Waals surface area contributed by atoms with Crippen LogP contribution in [0.3, 0.4) is 0 Å². The maximum absolute atomic E-state index is 13.3. The number of hydrogen-bond donors (Lipinski definition) is 0. The molecule has 7 nitrogen and oxygen atoms in total. The average molecular weight is 453 g/mol. The van der Waals surface area contributed by atoms with Gasteiger partial charge in [0, 0.05) is 68.7 Å². The molecule has 0 N–H and O–H groups in total. The van der Waals surface area contributed by atoms with Gasteiger partial charge in [-0.05, 0) is 52.0 Å². The second-order valence-electron chi connectivity index (χ2n) is 9.27. The molecule has 3 heterocycles. The smallest absolute Gasteiger partial charge is 0.254 e. The Morgan fingerprint density at radius 1 is 1.00 bits per heavy atom. The molecule has 1 aromatic heterocycles. The number of hydrogen-bond acceptors (Lipinski definition) is 6. The zero-order chi connectivity index (χ0) is 23.4. The van der Waals surface area contributed by atoms with Crippen molar-refractivity contribution in [3.63, 3.8) is 0 Å². The van der Waals surface area contributed by atoms with Gasteiger partial charge in [-0.3, -0.25) is 19.6 Å². The van der Waals surface area contributed by atoms with Crippen molar-refractivity contribution in [3.8, 4) is 11.5 Å². The topological polar surface area (TPSA) is 58.1 Å². The molecule has 0 radical (unpaired) electrons. The van der Waals surface area contributed by atoms with Gasteiger partial charge in [-0.15, -0.1) is 0 Å². The first-order valence-corrected chi connectivity index (χ1v) is 12.0. The summed E-state index contributed by atoms with van der Waals surface area (Å²) in [6.45, 7) is 15.7. The molecular formula is C26H36N4O3. The minimum Gasteiger partial charge on any atom is -0.455 e. The standard InChI is InChI=1S/C26H36N4O3/c1-19(2)29-9-11-30(12-10-29)26(31)22-6-7-23(18-28-13-15-32-16-14-28)25(17-22)33-24-8-5-20(3)27-21(24)4/h5-8,17,19H,9-16,18H2,1-4H3. The van der Waals surface area contributed by atoms with E-state index < -0.39 is 0 Å². The normalized spacial score (nSPS) is 18.0. The molecule has 33 heavy (non-hydrogen) atoms. The van der Waals surface area contributed by atoms with Gasteiger partial charge in [-0.2, -0.15) is 0 Å². The summed E-state index contributed by atoms with van der Waals surface area (Å²) in [5, 5.41) is 0. The molecule has 0 spiro atoms. The van der Waals surface area contributed by atoms with Crippen molar-refractivity contribution in [2.75, 3.05) is 52.5 Å². The zero-order valence-corrected chi connectivity index (χ0v) is 20.3. The molecule has 178 valence electrons. The average Bonchev–Trinajstić information content (AvgIpc) is 2.82. The first-order valence-electron chi connectivity index (χ1n) is 12.0. The number of carbonyl (C=O) groups is 1. The number of rotatable bonds is 6. The Kier molecular flexibility index (Phi) is 7.63. The number of pyridine rings is 1. The Morgan fingerprint density at radius 2 is 1.73 bits per heavy atom. The second kappa shape index (κ2) is 10.6. The number of benzene rings is 1. The molecule has 2 aromatic rings.